The highest BCUT2D eigenvalue weighted by atomic mass is 16.5. The summed E-state index contributed by atoms with van der Waals surface area (Å²) >= 11 is 0. The van der Waals surface area contributed by atoms with Crippen molar-refractivity contribution in [1.82, 2.24) is 0 Å². The molecule has 76 valence electrons. The maximum atomic E-state index is 11.2. The summed E-state index contributed by atoms with van der Waals surface area (Å²) in [5.41, 5.74) is 5.97. The predicted molar refractivity (Wildman–Crippen MR) is 53.2 cm³/mol. The molecule has 0 saturated heterocycles. The third-order valence-electron chi connectivity index (χ3n) is 1.40. The molecular formula is C10H19NO2. The number of hydrogen-bond donors (Lipinski definition) is 1. The fourth-order valence-corrected chi connectivity index (χ4v) is 0.816. The number of rotatable bonds is 5. The average molecular weight is 185 g/mol. The third-order valence-corrected chi connectivity index (χ3v) is 1.40. The molecule has 0 aromatic heterocycles. The number of esters is 1. The Kier molecular flexibility index (Phi) is 5.39. The Bertz CT molecular complexity index is 185. The molecule has 0 aliphatic carbocycles. The molecule has 13 heavy (non-hydrogen) atoms. The molecule has 1 atom stereocenters. The van der Waals surface area contributed by atoms with Gasteiger partial charge in [0.15, 0.2) is 0 Å². The summed E-state index contributed by atoms with van der Waals surface area (Å²) in [6.07, 6.45) is 0.497. The molecule has 0 spiro atoms. The van der Waals surface area contributed by atoms with Gasteiger partial charge < -0.3 is 10.5 Å². The van der Waals surface area contributed by atoms with E-state index in [4.69, 9.17) is 10.5 Å². The molecule has 3 heteroatoms. The van der Waals surface area contributed by atoms with Crippen molar-refractivity contribution >= 4 is 5.97 Å². The lowest BCUT2D eigenvalue weighted by atomic mass is 10.1. The van der Waals surface area contributed by atoms with Crippen molar-refractivity contribution < 1.29 is 9.53 Å². The van der Waals surface area contributed by atoms with Crippen LogP contribution in [0.15, 0.2) is 12.2 Å². The van der Waals surface area contributed by atoms with Gasteiger partial charge in [-0.3, -0.25) is 0 Å². The van der Waals surface area contributed by atoms with Gasteiger partial charge in [-0.15, -0.1) is 0 Å². The van der Waals surface area contributed by atoms with E-state index in [9.17, 15) is 4.79 Å². The molecular weight excluding hydrogens is 166 g/mol. The van der Waals surface area contributed by atoms with Gasteiger partial charge >= 0.3 is 5.97 Å². The molecule has 2 N–H and O–H groups in total. The summed E-state index contributed by atoms with van der Waals surface area (Å²) in [5.74, 6) is 0.0260. The maximum Gasteiger partial charge on any atom is 0.333 e. The van der Waals surface area contributed by atoms with Crippen molar-refractivity contribution in [2.24, 2.45) is 11.7 Å². The predicted octanol–water partition coefficient (Wildman–Crippen LogP) is 1.48. The lowest BCUT2D eigenvalue weighted by Gasteiger charge is -2.10. The lowest BCUT2D eigenvalue weighted by Crippen LogP contribution is -2.20. The van der Waals surface area contributed by atoms with Crippen molar-refractivity contribution in [2.75, 3.05) is 6.61 Å². The van der Waals surface area contributed by atoms with Gasteiger partial charge in [0.25, 0.3) is 0 Å². The third kappa shape index (κ3) is 6.34. The van der Waals surface area contributed by atoms with E-state index in [1.165, 1.54) is 0 Å². The first-order valence-electron chi connectivity index (χ1n) is 4.54. The van der Waals surface area contributed by atoms with Gasteiger partial charge in [-0.25, -0.2) is 4.79 Å². The Morgan fingerprint density at radius 3 is 2.38 bits per heavy atom. The summed E-state index contributed by atoms with van der Waals surface area (Å²) in [5, 5.41) is 0. The van der Waals surface area contributed by atoms with E-state index in [0.717, 1.165) is 0 Å². The van der Waals surface area contributed by atoms with Crippen LogP contribution in [0.3, 0.4) is 0 Å². The molecule has 0 aliphatic heterocycles. The van der Waals surface area contributed by atoms with E-state index in [-0.39, 0.29) is 12.0 Å². The summed E-state index contributed by atoms with van der Waals surface area (Å²) in [6.45, 7) is 9.87. The second-order valence-corrected chi connectivity index (χ2v) is 3.78. The van der Waals surface area contributed by atoms with E-state index in [1.54, 1.807) is 0 Å². The van der Waals surface area contributed by atoms with Crippen molar-refractivity contribution in [1.29, 1.82) is 0 Å². The Hall–Kier alpha value is -0.830. The zero-order chi connectivity index (χ0) is 10.4. The maximum absolute atomic E-state index is 11.2. The zero-order valence-electron chi connectivity index (χ0n) is 8.67. The minimum Gasteiger partial charge on any atom is -0.462 e. The number of hydrogen-bond acceptors (Lipinski definition) is 3. The number of ether oxygens (including phenoxy) is 1. The summed E-state index contributed by atoms with van der Waals surface area (Å²) in [7, 11) is 0. The first-order chi connectivity index (χ1) is 5.93. The minimum atomic E-state index is -0.328. The molecule has 0 saturated carbocycles. The van der Waals surface area contributed by atoms with Gasteiger partial charge in [0.2, 0.25) is 0 Å². The van der Waals surface area contributed by atoms with Crippen molar-refractivity contribution in [2.45, 2.75) is 33.2 Å². The van der Waals surface area contributed by atoms with Crippen LogP contribution >= 0.6 is 0 Å². The quantitative estimate of drug-likeness (QED) is 0.521. The Balaban J connectivity index is 3.77. The molecule has 0 heterocycles. The smallest absolute Gasteiger partial charge is 0.333 e. The van der Waals surface area contributed by atoms with Crippen molar-refractivity contribution in [3.63, 3.8) is 0 Å². The van der Waals surface area contributed by atoms with E-state index in [0.29, 0.717) is 24.5 Å². The summed E-state index contributed by atoms with van der Waals surface area (Å²) < 4.78 is 4.97. The molecule has 0 aromatic carbocycles. The highest BCUT2D eigenvalue weighted by molar-refractivity contribution is 5.87. The molecule has 1 unspecified atom stereocenters. The van der Waals surface area contributed by atoms with Gasteiger partial charge in [0.05, 0.1) is 6.61 Å². The normalized spacial score (nSPS) is 12.7. The van der Waals surface area contributed by atoms with Gasteiger partial charge in [0, 0.05) is 11.6 Å². The van der Waals surface area contributed by atoms with E-state index in [1.807, 2.05) is 20.8 Å². The van der Waals surface area contributed by atoms with Crippen LogP contribution in [0.2, 0.25) is 0 Å². The SMILES string of the molecule is C=C(CC(C)N)C(=O)OCC(C)C. The van der Waals surface area contributed by atoms with Crippen LogP contribution in [0.4, 0.5) is 0 Å². The van der Waals surface area contributed by atoms with Gasteiger partial charge in [0.1, 0.15) is 0 Å². The molecule has 3 nitrogen and oxygen atoms in total. The van der Waals surface area contributed by atoms with Crippen LogP contribution in [-0.4, -0.2) is 18.6 Å². The van der Waals surface area contributed by atoms with Crippen LogP contribution in [-0.2, 0) is 9.53 Å². The minimum absolute atomic E-state index is 0.0425. The first kappa shape index (κ1) is 12.2. The van der Waals surface area contributed by atoms with E-state index >= 15 is 0 Å². The summed E-state index contributed by atoms with van der Waals surface area (Å²) in [4.78, 5) is 11.2. The summed E-state index contributed by atoms with van der Waals surface area (Å²) in [6, 6.07) is -0.0425. The van der Waals surface area contributed by atoms with Gasteiger partial charge in [-0.1, -0.05) is 20.4 Å². The average Bonchev–Trinajstić information content (AvgIpc) is 1.98. The monoisotopic (exact) mass is 185 g/mol. The fraction of sp³-hybridized carbons (Fsp3) is 0.700. The highest BCUT2D eigenvalue weighted by Crippen LogP contribution is 2.04. The highest BCUT2D eigenvalue weighted by Gasteiger charge is 2.10. The standard InChI is InChI=1S/C10H19NO2/c1-7(2)6-13-10(12)8(3)5-9(4)11/h7,9H,3,5-6,11H2,1-2,4H3. The fourth-order valence-electron chi connectivity index (χ4n) is 0.816. The Labute approximate surface area is 79.9 Å². The largest absolute Gasteiger partial charge is 0.462 e. The van der Waals surface area contributed by atoms with Crippen molar-refractivity contribution in [3.8, 4) is 0 Å². The number of carbonyl (C=O) groups excluding carboxylic acids is 1. The number of carbonyl (C=O) groups is 1. The van der Waals surface area contributed by atoms with Gasteiger partial charge in [-0.2, -0.15) is 0 Å². The van der Waals surface area contributed by atoms with E-state index in [2.05, 4.69) is 6.58 Å². The van der Waals surface area contributed by atoms with Crippen molar-refractivity contribution in [3.05, 3.63) is 12.2 Å². The topological polar surface area (TPSA) is 52.3 Å². The molecule has 0 amide bonds. The molecule has 0 aromatic rings. The Morgan fingerprint density at radius 2 is 2.00 bits per heavy atom. The second-order valence-electron chi connectivity index (χ2n) is 3.78. The van der Waals surface area contributed by atoms with Crippen LogP contribution < -0.4 is 5.73 Å². The van der Waals surface area contributed by atoms with Crippen LogP contribution in [0.1, 0.15) is 27.2 Å². The van der Waals surface area contributed by atoms with E-state index < -0.39 is 0 Å². The molecule has 0 radical (unpaired) electrons. The second kappa shape index (κ2) is 5.75. The zero-order valence-corrected chi connectivity index (χ0v) is 8.67. The lowest BCUT2D eigenvalue weighted by molar-refractivity contribution is -0.140. The van der Waals surface area contributed by atoms with Crippen LogP contribution in [0.5, 0.6) is 0 Å². The molecule has 0 fully saturated rings. The van der Waals surface area contributed by atoms with Crippen LogP contribution in [0, 0.1) is 5.92 Å². The molecule has 0 bridgehead atoms. The molecule has 0 rings (SSSR count). The van der Waals surface area contributed by atoms with Crippen LogP contribution in [0.25, 0.3) is 0 Å². The number of nitrogens with two attached hydrogens (primary N) is 1. The first-order valence-corrected chi connectivity index (χ1v) is 4.54. The molecule has 0 aliphatic rings. The van der Waals surface area contributed by atoms with Gasteiger partial charge in [-0.05, 0) is 19.3 Å². The Morgan fingerprint density at radius 1 is 1.46 bits per heavy atom.